The number of hydrogen-bond donors (Lipinski definition) is 1. The smallest absolute Gasteiger partial charge is 0.511 e. The fraction of sp³-hybridized carbons (Fsp3) is 0.452. The summed E-state index contributed by atoms with van der Waals surface area (Å²) in [4.78, 5) is 28.8. The molecule has 1 N–H and O–H groups in total. The van der Waals surface area contributed by atoms with Crippen LogP contribution in [0.4, 0.5) is 22.8 Å². The first-order valence-electron chi connectivity index (χ1n) is 15.3. The highest BCUT2D eigenvalue weighted by atomic mass is 32.2. The average molecular weight is 727 g/mol. The third kappa shape index (κ3) is 10.5. The maximum absolute atomic E-state index is 13.5. The Kier molecular flexibility index (Phi) is 11.5. The molecule has 2 aromatic carbocycles. The number of amides is 1. The molecule has 0 bridgehead atoms. The predicted molar refractivity (Wildman–Crippen MR) is 169 cm³/mol. The van der Waals surface area contributed by atoms with Crippen molar-refractivity contribution in [1.82, 2.24) is 19.5 Å². The number of halogens is 3. The van der Waals surface area contributed by atoms with Crippen LogP contribution in [0.15, 0.2) is 64.8 Å². The molecule has 1 aliphatic rings. The second kappa shape index (κ2) is 15.2. The number of piperidine rings is 1. The van der Waals surface area contributed by atoms with E-state index in [1.807, 2.05) is 11.6 Å². The normalized spacial score (nSPS) is 15.3. The fourth-order valence-electron chi connectivity index (χ4n) is 4.65. The molecule has 1 amide bonds. The summed E-state index contributed by atoms with van der Waals surface area (Å²) < 4.78 is 84.1. The largest absolute Gasteiger partial charge is 0.569 e. The summed E-state index contributed by atoms with van der Waals surface area (Å²) in [6.45, 7) is 8.44. The van der Waals surface area contributed by atoms with Gasteiger partial charge in [-0.05, 0) is 76.8 Å². The summed E-state index contributed by atoms with van der Waals surface area (Å²) in [5, 5.41) is 20.7. The fourth-order valence-corrected chi connectivity index (χ4v) is 5.54. The molecule has 1 saturated heterocycles. The quantitative estimate of drug-likeness (QED) is 0.0840. The van der Waals surface area contributed by atoms with Crippen LogP contribution in [0.5, 0.6) is 0 Å². The molecule has 272 valence electrons. The van der Waals surface area contributed by atoms with Gasteiger partial charge in [0, 0.05) is 12.5 Å². The number of nitrogens with one attached hydrogen (secondary N) is 1. The van der Waals surface area contributed by atoms with Crippen molar-refractivity contribution in [1.29, 1.82) is 0 Å². The standard InChI is InChI=1S/C31H37F3N6O9S/c1-20-6-8-23(9-7-20)26-18-27(31(32,33)34)35-39(26)24-10-12-25(13-11-24)50(44,45)36-28(41)46-19-22-14-16-38(17-15-22)40(43)37-49-21(2)47-29(42)48-30(3,4)5/h6-13,18,21-22H,14-17,19H2,1-5H3,(H,36,41). The lowest BCUT2D eigenvalue weighted by Gasteiger charge is -2.27. The van der Waals surface area contributed by atoms with Crippen LogP contribution < -0.4 is 4.72 Å². The highest BCUT2D eigenvalue weighted by Gasteiger charge is 2.35. The number of hydrazine groups is 1. The lowest BCUT2D eigenvalue weighted by atomic mass is 9.99. The Bertz CT molecular complexity index is 1780. The van der Waals surface area contributed by atoms with Crippen molar-refractivity contribution in [3.8, 4) is 16.9 Å². The molecule has 50 heavy (non-hydrogen) atoms. The van der Waals surface area contributed by atoms with Gasteiger partial charge in [0.1, 0.15) is 5.60 Å². The zero-order valence-corrected chi connectivity index (χ0v) is 28.7. The monoisotopic (exact) mass is 726 g/mol. The van der Waals surface area contributed by atoms with E-state index in [4.69, 9.17) is 19.0 Å². The Morgan fingerprint density at radius 2 is 1.70 bits per heavy atom. The Hall–Kier alpha value is -5.07. The highest BCUT2D eigenvalue weighted by molar-refractivity contribution is 7.90. The van der Waals surface area contributed by atoms with Gasteiger partial charge in [0.2, 0.25) is 5.28 Å². The molecule has 0 radical (unpaired) electrons. The number of rotatable bonds is 10. The molecule has 1 unspecified atom stereocenters. The van der Waals surface area contributed by atoms with Crippen LogP contribution in [-0.2, 0) is 35.2 Å². The molecule has 0 spiro atoms. The van der Waals surface area contributed by atoms with Crippen LogP contribution in [0, 0.1) is 18.0 Å². The van der Waals surface area contributed by atoms with Crippen molar-refractivity contribution in [2.75, 3.05) is 19.7 Å². The number of ether oxygens (including phenoxy) is 3. The summed E-state index contributed by atoms with van der Waals surface area (Å²) in [6.07, 6.45) is -7.33. The molecule has 2 heterocycles. The average Bonchev–Trinajstić information content (AvgIpc) is 3.49. The Balaban J connectivity index is 1.28. The van der Waals surface area contributed by atoms with Crippen LogP contribution in [0.1, 0.15) is 51.8 Å². The number of alkyl halides is 3. The minimum atomic E-state index is -4.71. The Morgan fingerprint density at radius 1 is 1.08 bits per heavy atom. The molecular weight excluding hydrogens is 689 g/mol. The van der Waals surface area contributed by atoms with Gasteiger partial charge in [-0.2, -0.15) is 18.3 Å². The minimum Gasteiger partial charge on any atom is -0.569 e. The van der Waals surface area contributed by atoms with Crippen LogP contribution in [0.3, 0.4) is 0 Å². The number of nitrogens with zero attached hydrogens (tertiary/aromatic N) is 5. The number of carbonyl (C=O) groups excluding carboxylic acids is 2. The van der Waals surface area contributed by atoms with Crippen LogP contribution in [0.2, 0.25) is 0 Å². The van der Waals surface area contributed by atoms with Gasteiger partial charge in [-0.15, -0.1) is 5.01 Å². The predicted octanol–water partition coefficient (Wildman–Crippen LogP) is 6.10. The molecule has 1 fully saturated rings. The summed E-state index contributed by atoms with van der Waals surface area (Å²) in [5.74, 6) is -0.193. The number of sulfonamides is 1. The van der Waals surface area contributed by atoms with Crippen LogP contribution >= 0.6 is 0 Å². The summed E-state index contributed by atoms with van der Waals surface area (Å²) >= 11 is 0. The summed E-state index contributed by atoms with van der Waals surface area (Å²) in [5.41, 5.74) is -0.217. The van der Waals surface area contributed by atoms with E-state index in [1.165, 1.54) is 24.1 Å². The zero-order valence-electron chi connectivity index (χ0n) is 27.8. The Labute approximate surface area is 286 Å². The number of aromatic nitrogens is 2. The highest BCUT2D eigenvalue weighted by Crippen LogP contribution is 2.33. The molecule has 3 aromatic rings. The van der Waals surface area contributed by atoms with E-state index in [0.717, 1.165) is 28.4 Å². The third-order valence-corrected chi connectivity index (χ3v) is 8.48. The lowest BCUT2D eigenvalue weighted by molar-refractivity contribution is -0.715. The van der Waals surface area contributed by atoms with E-state index in [0.29, 0.717) is 18.4 Å². The van der Waals surface area contributed by atoms with Gasteiger partial charge >= 0.3 is 18.4 Å². The third-order valence-electron chi connectivity index (χ3n) is 7.16. The topological polar surface area (TPSA) is 177 Å². The molecule has 1 aromatic heterocycles. The molecule has 15 nitrogen and oxygen atoms in total. The SMILES string of the molecule is Cc1ccc(-c2cc(C(F)(F)F)nn2-c2ccc(S(=O)(=O)NC(=O)OCC3CCN([N+]([O-])=NOC(C)OC(=O)OC(C)(C)C)CC3)cc2)cc1. The van der Waals surface area contributed by atoms with Crippen molar-refractivity contribution < 1.29 is 55.2 Å². The van der Waals surface area contributed by atoms with Crippen molar-refractivity contribution in [3.63, 3.8) is 0 Å². The van der Waals surface area contributed by atoms with E-state index in [1.54, 1.807) is 45.0 Å². The molecule has 4 rings (SSSR count). The van der Waals surface area contributed by atoms with Crippen molar-refractivity contribution >= 4 is 22.3 Å². The van der Waals surface area contributed by atoms with Crippen molar-refractivity contribution in [2.24, 2.45) is 11.2 Å². The summed E-state index contributed by atoms with van der Waals surface area (Å²) in [6, 6.07) is 12.5. The summed E-state index contributed by atoms with van der Waals surface area (Å²) in [7, 11) is -4.40. The second-order valence-corrected chi connectivity index (χ2v) is 14.1. The first-order chi connectivity index (χ1) is 23.3. The van der Waals surface area contributed by atoms with Crippen molar-refractivity contribution in [2.45, 2.75) is 70.4 Å². The van der Waals surface area contributed by atoms with E-state index >= 15 is 0 Å². The van der Waals surface area contributed by atoms with Gasteiger partial charge in [0.05, 0.1) is 40.9 Å². The van der Waals surface area contributed by atoms with E-state index in [9.17, 15) is 36.4 Å². The molecule has 0 aliphatic carbocycles. The van der Waals surface area contributed by atoms with Crippen LogP contribution in [0.25, 0.3) is 16.9 Å². The Morgan fingerprint density at radius 3 is 2.28 bits per heavy atom. The van der Waals surface area contributed by atoms with Gasteiger partial charge in [-0.3, -0.25) is 4.84 Å². The molecule has 0 saturated carbocycles. The van der Waals surface area contributed by atoms with Gasteiger partial charge in [0.25, 0.3) is 16.3 Å². The number of benzene rings is 2. The lowest BCUT2D eigenvalue weighted by Crippen LogP contribution is -2.40. The van der Waals surface area contributed by atoms with E-state index < -0.39 is 46.0 Å². The molecule has 1 atom stereocenters. The van der Waals surface area contributed by atoms with Gasteiger partial charge in [-0.1, -0.05) is 29.8 Å². The van der Waals surface area contributed by atoms with Gasteiger partial charge in [-0.25, -0.2) is 27.4 Å². The first-order valence-corrected chi connectivity index (χ1v) is 16.8. The maximum Gasteiger partial charge on any atom is 0.511 e. The van der Waals surface area contributed by atoms with Gasteiger partial charge in [0.15, 0.2) is 5.69 Å². The first kappa shape index (κ1) is 37.7. The molecule has 1 aliphatic heterocycles. The number of aryl methyl sites for hydroxylation is 1. The number of carbonyl (C=O) groups is 2. The second-order valence-electron chi connectivity index (χ2n) is 12.4. The van der Waals surface area contributed by atoms with E-state index in [2.05, 4.69) is 10.4 Å². The molecule has 19 heteroatoms. The number of hydrogen-bond acceptors (Lipinski definition) is 11. The zero-order chi connectivity index (χ0) is 36.9. The van der Waals surface area contributed by atoms with E-state index in [-0.39, 0.29) is 46.9 Å². The minimum absolute atomic E-state index is 0.135. The maximum atomic E-state index is 13.5. The molecular formula is C31H37F3N6O9S. The van der Waals surface area contributed by atoms with Crippen molar-refractivity contribution in [3.05, 3.63) is 71.1 Å². The van der Waals surface area contributed by atoms with Gasteiger partial charge < -0.3 is 19.4 Å². The van der Waals surface area contributed by atoms with Crippen LogP contribution in [-0.4, -0.2) is 72.0 Å².